The Kier molecular flexibility index (Phi) is 6.72. The molecule has 0 unspecified atom stereocenters. The van der Waals surface area contributed by atoms with Crippen molar-refractivity contribution < 1.29 is 13.2 Å². The maximum absolute atomic E-state index is 12.9. The van der Waals surface area contributed by atoms with Crippen LogP contribution in [-0.4, -0.2) is 55.8 Å². The predicted octanol–water partition coefficient (Wildman–Crippen LogP) is 3.14. The van der Waals surface area contributed by atoms with E-state index in [-0.39, 0.29) is 11.9 Å². The summed E-state index contributed by atoms with van der Waals surface area (Å²) >= 11 is 0. The number of nitrogens with zero attached hydrogens (tertiary/aromatic N) is 2. The van der Waals surface area contributed by atoms with E-state index in [9.17, 15) is 13.2 Å². The van der Waals surface area contributed by atoms with Crippen molar-refractivity contribution in [1.82, 2.24) is 9.21 Å². The standard InChI is InChI=1S/C22H29N3O3S/c1-17(2)19-9-11-21(12-10-19)29(27,28)25-15-13-24(14-16-25)18(3)22(26)23-20-7-5-4-6-8-20/h4-12,17-18H,13-16H2,1-3H3,(H,23,26)/t18-/m0/s1. The van der Waals surface area contributed by atoms with Crippen LogP contribution >= 0.6 is 0 Å². The molecule has 1 fully saturated rings. The number of amides is 1. The van der Waals surface area contributed by atoms with Gasteiger partial charge in [-0.3, -0.25) is 9.69 Å². The second kappa shape index (κ2) is 9.07. The first-order valence-electron chi connectivity index (χ1n) is 9.99. The molecule has 1 aliphatic heterocycles. The molecule has 1 N–H and O–H groups in total. The van der Waals surface area contributed by atoms with Gasteiger partial charge < -0.3 is 5.32 Å². The fourth-order valence-corrected chi connectivity index (χ4v) is 4.86. The molecule has 0 bridgehead atoms. The van der Waals surface area contributed by atoms with E-state index in [1.807, 2.05) is 54.3 Å². The molecule has 0 spiro atoms. The quantitative estimate of drug-likeness (QED) is 0.787. The third-order valence-corrected chi connectivity index (χ3v) is 7.34. The van der Waals surface area contributed by atoms with Gasteiger partial charge in [0.25, 0.3) is 0 Å². The van der Waals surface area contributed by atoms with Crippen LogP contribution in [-0.2, 0) is 14.8 Å². The highest BCUT2D eigenvalue weighted by atomic mass is 32.2. The summed E-state index contributed by atoms with van der Waals surface area (Å²) in [6.45, 7) is 7.80. The molecule has 1 saturated heterocycles. The van der Waals surface area contributed by atoms with Crippen molar-refractivity contribution in [3.8, 4) is 0 Å². The van der Waals surface area contributed by atoms with Crippen LogP contribution in [0.4, 0.5) is 5.69 Å². The van der Waals surface area contributed by atoms with E-state index < -0.39 is 10.0 Å². The smallest absolute Gasteiger partial charge is 0.243 e. The normalized spacial score (nSPS) is 17.2. The Morgan fingerprint density at radius 1 is 0.897 bits per heavy atom. The van der Waals surface area contributed by atoms with Crippen molar-refractivity contribution in [3.63, 3.8) is 0 Å². The molecular weight excluding hydrogens is 386 g/mol. The second-order valence-electron chi connectivity index (χ2n) is 7.70. The number of hydrogen-bond donors (Lipinski definition) is 1. The summed E-state index contributed by atoms with van der Waals surface area (Å²) < 4.78 is 27.4. The van der Waals surface area contributed by atoms with Gasteiger partial charge in [-0.2, -0.15) is 4.31 Å². The zero-order valence-corrected chi connectivity index (χ0v) is 18.0. The van der Waals surface area contributed by atoms with Gasteiger partial charge in [-0.05, 0) is 42.7 Å². The predicted molar refractivity (Wildman–Crippen MR) is 115 cm³/mol. The molecule has 7 heteroatoms. The molecule has 0 saturated carbocycles. The van der Waals surface area contributed by atoms with Gasteiger partial charge in [0.2, 0.25) is 15.9 Å². The van der Waals surface area contributed by atoms with Gasteiger partial charge in [0.1, 0.15) is 0 Å². The number of hydrogen-bond acceptors (Lipinski definition) is 4. The fourth-order valence-electron chi connectivity index (χ4n) is 3.44. The van der Waals surface area contributed by atoms with Gasteiger partial charge in [-0.25, -0.2) is 8.42 Å². The highest BCUT2D eigenvalue weighted by molar-refractivity contribution is 7.89. The first-order valence-corrected chi connectivity index (χ1v) is 11.4. The molecule has 1 atom stereocenters. The van der Waals surface area contributed by atoms with Crippen LogP contribution in [0.1, 0.15) is 32.3 Å². The lowest BCUT2D eigenvalue weighted by Crippen LogP contribution is -2.53. The second-order valence-corrected chi connectivity index (χ2v) is 9.63. The highest BCUT2D eigenvalue weighted by Gasteiger charge is 2.31. The number of rotatable bonds is 6. The van der Waals surface area contributed by atoms with Gasteiger partial charge in [-0.15, -0.1) is 0 Å². The summed E-state index contributed by atoms with van der Waals surface area (Å²) in [6.07, 6.45) is 0. The van der Waals surface area contributed by atoms with Crippen LogP contribution in [0.5, 0.6) is 0 Å². The first-order chi connectivity index (χ1) is 13.8. The molecule has 0 aromatic heterocycles. The zero-order valence-electron chi connectivity index (χ0n) is 17.2. The van der Waals surface area contributed by atoms with Crippen LogP contribution in [0.3, 0.4) is 0 Å². The molecule has 0 aliphatic carbocycles. The Labute approximate surface area is 173 Å². The number of para-hydroxylation sites is 1. The molecule has 1 amide bonds. The molecule has 2 aromatic carbocycles. The average Bonchev–Trinajstić information content (AvgIpc) is 2.74. The van der Waals surface area contributed by atoms with Crippen LogP contribution in [0.25, 0.3) is 0 Å². The lowest BCUT2D eigenvalue weighted by Gasteiger charge is -2.36. The van der Waals surface area contributed by atoms with Crippen molar-refractivity contribution in [3.05, 3.63) is 60.2 Å². The van der Waals surface area contributed by atoms with Crippen LogP contribution in [0.15, 0.2) is 59.5 Å². The summed E-state index contributed by atoms with van der Waals surface area (Å²) in [7, 11) is -3.52. The van der Waals surface area contributed by atoms with E-state index in [2.05, 4.69) is 19.2 Å². The molecule has 29 heavy (non-hydrogen) atoms. The summed E-state index contributed by atoms with van der Waals surface area (Å²) in [4.78, 5) is 14.9. The van der Waals surface area contributed by atoms with Gasteiger partial charge in [0.15, 0.2) is 0 Å². The lowest BCUT2D eigenvalue weighted by atomic mass is 10.0. The van der Waals surface area contributed by atoms with E-state index in [4.69, 9.17) is 0 Å². The summed E-state index contributed by atoms with van der Waals surface area (Å²) in [5, 5.41) is 2.91. The Bertz CT molecular complexity index is 920. The molecule has 3 rings (SSSR count). The fraction of sp³-hybridized carbons (Fsp3) is 0.409. The van der Waals surface area contributed by atoms with Gasteiger partial charge in [-0.1, -0.05) is 44.2 Å². The van der Waals surface area contributed by atoms with Gasteiger partial charge in [0, 0.05) is 31.9 Å². The Morgan fingerprint density at radius 3 is 2.03 bits per heavy atom. The van der Waals surface area contributed by atoms with Crippen LogP contribution in [0.2, 0.25) is 0 Å². The van der Waals surface area contributed by atoms with Crippen molar-refractivity contribution in [1.29, 1.82) is 0 Å². The molecular formula is C22H29N3O3S. The van der Waals surface area contributed by atoms with Crippen molar-refractivity contribution >= 4 is 21.6 Å². The minimum absolute atomic E-state index is 0.0863. The molecule has 1 heterocycles. The van der Waals surface area contributed by atoms with Gasteiger partial charge >= 0.3 is 0 Å². The summed E-state index contributed by atoms with van der Waals surface area (Å²) in [6, 6.07) is 16.1. The lowest BCUT2D eigenvalue weighted by molar-refractivity contribution is -0.121. The van der Waals surface area contributed by atoms with E-state index in [1.54, 1.807) is 12.1 Å². The van der Waals surface area contributed by atoms with Gasteiger partial charge in [0.05, 0.1) is 10.9 Å². The van der Waals surface area contributed by atoms with E-state index in [0.29, 0.717) is 37.0 Å². The van der Waals surface area contributed by atoms with Crippen LogP contribution < -0.4 is 5.32 Å². The van der Waals surface area contributed by atoms with E-state index in [0.717, 1.165) is 11.3 Å². The highest BCUT2D eigenvalue weighted by Crippen LogP contribution is 2.22. The van der Waals surface area contributed by atoms with Crippen molar-refractivity contribution in [2.24, 2.45) is 0 Å². The molecule has 2 aromatic rings. The molecule has 0 radical (unpaired) electrons. The number of carbonyl (C=O) groups excluding carboxylic acids is 1. The number of anilines is 1. The average molecular weight is 416 g/mol. The topological polar surface area (TPSA) is 69.7 Å². The number of piperazine rings is 1. The number of nitrogens with one attached hydrogen (secondary N) is 1. The van der Waals surface area contributed by atoms with E-state index in [1.165, 1.54) is 4.31 Å². The van der Waals surface area contributed by atoms with Crippen molar-refractivity contribution in [2.45, 2.75) is 37.6 Å². The minimum atomic E-state index is -3.52. The summed E-state index contributed by atoms with van der Waals surface area (Å²) in [5.74, 6) is 0.274. The maximum atomic E-state index is 12.9. The molecule has 1 aliphatic rings. The third-order valence-electron chi connectivity index (χ3n) is 5.43. The third kappa shape index (κ3) is 5.04. The number of benzene rings is 2. The minimum Gasteiger partial charge on any atom is -0.325 e. The van der Waals surface area contributed by atoms with Crippen molar-refractivity contribution in [2.75, 3.05) is 31.5 Å². The molecule has 156 valence electrons. The Balaban J connectivity index is 1.59. The SMILES string of the molecule is CC(C)c1ccc(S(=O)(=O)N2CCN([C@@H](C)C(=O)Nc3ccccc3)CC2)cc1. The number of carbonyl (C=O) groups is 1. The Morgan fingerprint density at radius 2 is 1.48 bits per heavy atom. The summed E-state index contributed by atoms with van der Waals surface area (Å²) in [5.41, 5.74) is 1.88. The first kappa shape index (κ1) is 21.5. The monoisotopic (exact) mass is 415 g/mol. The zero-order chi connectivity index (χ0) is 21.0. The maximum Gasteiger partial charge on any atom is 0.243 e. The Hall–Kier alpha value is -2.22. The number of sulfonamides is 1. The largest absolute Gasteiger partial charge is 0.325 e. The van der Waals surface area contributed by atoms with Crippen LogP contribution in [0, 0.1) is 0 Å². The molecule has 6 nitrogen and oxygen atoms in total. The van der Waals surface area contributed by atoms with E-state index >= 15 is 0 Å².